The predicted octanol–water partition coefficient (Wildman–Crippen LogP) is 3.43. The molecule has 0 bridgehead atoms. The molecule has 1 aliphatic rings. The third-order valence-electron chi connectivity index (χ3n) is 3.92. The van der Waals surface area contributed by atoms with Gasteiger partial charge < -0.3 is 5.32 Å². The Balaban J connectivity index is 1.81. The average molecular weight is 346 g/mol. The standard InChI is InChI=1S/C15H18BrF2NO/c16-8-11-2-1-3-12(11)9-19-15(20)7-10-4-5-13(17)14(18)6-10/h4-6,11-12H,1-3,7-9H2,(H,19,20). The van der Waals surface area contributed by atoms with Gasteiger partial charge in [0.05, 0.1) is 6.42 Å². The zero-order chi connectivity index (χ0) is 14.5. The molecule has 2 unspecified atom stereocenters. The minimum Gasteiger partial charge on any atom is -0.356 e. The van der Waals surface area contributed by atoms with Crippen molar-refractivity contribution in [2.75, 3.05) is 11.9 Å². The Morgan fingerprint density at radius 2 is 2.00 bits per heavy atom. The maximum absolute atomic E-state index is 13.0. The van der Waals surface area contributed by atoms with Gasteiger partial charge in [0.1, 0.15) is 0 Å². The van der Waals surface area contributed by atoms with Crippen LogP contribution in [0.3, 0.4) is 0 Å². The highest BCUT2D eigenvalue weighted by molar-refractivity contribution is 9.09. The molecule has 1 fully saturated rings. The van der Waals surface area contributed by atoms with Gasteiger partial charge in [0.15, 0.2) is 11.6 Å². The van der Waals surface area contributed by atoms with Crippen LogP contribution in [-0.4, -0.2) is 17.8 Å². The molecule has 110 valence electrons. The Morgan fingerprint density at radius 1 is 1.25 bits per heavy atom. The largest absolute Gasteiger partial charge is 0.356 e. The number of halogens is 3. The lowest BCUT2D eigenvalue weighted by Crippen LogP contribution is -2.32. The van der Waals surface area contributed by atoms with E-state index in [0.717, 1.165) is 23.9 Å². The van der Waals surface area contributed by atoms with Gasteiger partial charge in [0.2, 0.25) is 5.91 Å². The van der Waals surface area contributed by atoms with Crippen molar-refractivity contribution in [2.45, 2.75) is 25.7 Å². The molecule has 0 saturated heterocycles. The van der Waals surface area contributed by atoms with Gasteiger partial charge in [-0.3, -0.25) is 4.79 Å². The van der Waals surface area contributed by atoms with Gasteiger partial charge in [0, 0.05) is 11.9 Å². The molecule has 2 rings (SSSR count). The molecule has 0 heterocycles. The second-order valence-corrected chi connectivity index (χ2v) is 5.98. The Hall–Kier alpha value is -0.970. The van der Waals surface area contributed by atoms with Crippen LogP contribution in [0.5, 0.6) is 0 Å². The summed E-state index contributed by atoms with van der Waals surface area (Å²) in [4.78, 5) is 11.8. The number of benzene rings is 1. The molecule has 0 radical (unpaired) electrons. The molecule has 0 aliphatic heterocycles. The predicted molar refractivity (Wildman–Crippen MR) is 77.7 cm³/mol. The zero-order valence-corrected chi connectivity index (χ0v) is 12.8. The van der Waals surface area contributed by atoms with E-state index in [1.54, 1.807) is 0 Å². The lowest BCUT2D eigenvalue weighted by atomic mass is 9.98. The van der Waals surface area contributed by atoms with E-state index < -0.39 is 11.6 Å². The van der Waals surface area contributed by atoms with E-state index in [1.807, 2.05) is 0 Å². The van der Waals surface area contributed by atoms with Crippen LogP contribution in [-0.2, 0) is 11.2 Å². The molecule has 2 atom stereocenters. The van der Waals surface area contributed by atoms with Crippen molar-refractivity contribution in [3.63, 3.8) is 0 Å². The molecule has 1 amide bonds. The minimum absolute atomic E-state index is 0.0862. The van der Waals surface area contributed by atoms with Crippen LogP contribution in [0.25, 0.3) is 0 Å². The number of carbonyl (C=O) groups is 1. The summed E-state index contributed by atoms with van der Waals surface area (Å²) in [6.07, 6.45) is 3.64. The molecular formula is C15H18BrF2NO. The van der Waals surface area contributed by atoms with Crippen molar-refractivity contribution in [1.29, 1.82) is 0 Å². The van der Waals surface area contributed by atoms with Gasteiger partial charge in [-0.1, -0.05) is 28.4 Å². The summed E-state index contributed by atoms with van der Waals surface area (Å²) < 4.78 is 25.8. The van der Waals surface area contributed by atoms with E-state index >= 15 is 0 Å². The molecule has 1 saturated carbocycles. The van der Waals surface area contributed by atoms with Crippen molar-refractivity contribution >= 4 is 21.8 Å². The summed E-state index contributed by atoms with van der Waals surface area (Å²) in [5.41, 5.74) is 0.491. The fraction of sp³-hybridized carbons (Fsp3) is 0.533. The molecule has 20 heavy (non-hydrogen) atoms. The summed E-state index contributed by atoms with van der Waals surface area (Å²) in [5, 5.41) is 3.86. The van der Waals surface area contributed by atoms with Gasteiger partial charge in [-0.2, -0.15) is 0 Å². The van der Waals surface area contributed by atoms with Crippen LogP contribution in [0.4, 0.5) is 8.78 Å². The number of hydrogen-bond acceptors (Lipinski definition) is 1. The highest BCUT2D eigenvalue weighted by atomic mass is 79.9. The SMILES string of the molecule is O=C(Cc1ccc(F)c(F)c1)NCC1CCCC1CBr. The third-order valence-corrected chi connectivity index (χ3v) is 4.76. The summed E-state index contributed by atoms with van der Waals surface area (Å²) in [6, 6.07) is 3.57. The Labute approximate surface area is 126 Å². The molecule has 5 heteroatoms. The molecule has 1 aliphatic carbocycles. The van der Waals surface area contributed by atoms with Crippen molar-refractivity contribution in [2.24, 2.45) is 11.8 Å². The van der Waals surface area contributed by atoms with Crippen molar-refractivity contribution in [1.82, 2.24) is 5.32 Å². The molecule has 1 aromatic carbocycles. The van der Waals surface area contributed by atoms with E-state index in [4.69, 9.17) is 0 Å². The minimum atomic E-state index is -0.912. The second-order valence-electron chi connectivity index (χ2n) is 5.33. The number of amides is 1. The maximum Gasteiger partial charge on any atom is 0.224 e. The monoisotopic (exact) mass is 345 g/mol. The summed E-state index contributed by atoms with van der Waals surface area (Å²) in [7, 11) is 0. The first-order valence-electron chi connectivity index (χ1n) is 6.86. The van der Waals surface area contributed by atoms with Crippen molar-refractivity contribution < 1.29 is 13.6 Å². The summed E-state index contributed by atoms with van der Waals surface area (Å²) >= 11 is 3.50. The first kappa shape index (κ1) is 15.4. The van der Waals surface area contributed by atoms with Crippen molar-refractivity contribution in [3.8, 4) is 0 Å². The maximum atomic E-state index is 13.0. The molecule has 0 aromatic heterocycles. The van der Waals surface area contributed by atoms with Crippen molar-refractivity contribution in [3.05, 3.63) is 35.4 Å². The van der Waals surface area contributed by atoms with E-state index in [2.05, 4.69) is 21.2 Å². The Morgan fingerprint density at radius 3 is 2.70 bits per heavy atom. The molecular weight excluding hydrogens is 328 g/mol. The van der Waals surface area contributed by atoms with E-state index in [-0.39, 0.29) is 12.3 Å². The summed E-state index contributed by atoms with van der Waals surface area (Å²) in [6.45, 7) is 0.665. The molecule has 1 N–H and O–H groups in total. The number of carbonyl (C=O) groups excluding carboxylic acids is 1. The van der Waals surface area contributed by atoms with Crippen LogP contribution in [0.1, 0.15) is 24.8 Å². The number of alkyl halides is 1. The fourth-order valence-electron chi connectivity index (χ4n) is 2.73. The molecule has 1 aromatic rings. The van der Waals surface area contributed by atoms with Gasteiger partial charge in [-0.25, -0.2) is 8.78 Å². The first-order chi connectivity index (χ1) is 9.60. The van der Waals surface area contributed by atoms with Crippen LogP contribution >= 0.6 is 15.9 Å². The van der Waals surface area contributed by atoms with E-state index in [1.165, 1.54) is 18.9 Å². The van der Waals surface area contributed by atoms with Crippen LogP contribution in [0, 0.1) is 23.5 Å². The third kappa shape index (κ3) is 4.01. The fourth-order valence-corrected chi connectivity index (χ4v) is 3.58. The van der Waals surface area contributed by atoms with Crippen LogP contribution in [0.15, 0.2) is 18.2 Å². The topological polar surface area (TPSA) is 29.1 Å². The Bertz CT molecular complexity index is 481. The lowest BCUT2D eigenvalue weighted by molar-refractivity contribution is -0.120. The zero-order valence-electron chi connectivity index (χ0n) is 11.2. The number of rotatable bonds is 5. The lowest BCUT2D eigenvalue weighted by Gasteiger charge is -2.17. The van der Waals surface area contributed by atoms with Gasteiger partial charge in [-0.05, 0) is 42.4 Å². The smallest absolute Gasteiger partial charge is 0.224 e. The van der Waals surface area contributed by atoms with Gasteiger partial charge in [-0.15, -0.1) is 0 Å². The average Bonchev–Trinajstić information content (AvgIpc) is 2.88. The Kier molecular flexibility index (Phi) is 5.52. The van der Waals surface area contributed by atoms with Crippen LogP contribution < -0.4 is 5.32 Å². The second kappa shape index (κ2) is 7.16. The summed E-state index contributed by atoms with van der Waals surface area (Å²) in [5.74, 6) is -0.802. The highest BCUT2D eigenvalue weighted by Gasteiger charge is 2.26. The number of nitrogens with one attached hydrogen (secondary N) is 1. The first-order valence-corrected chi connectivity index (χ1v) is 7.99. The van der Waals surface area contributed by atoms with Gasteiger partial charge in [0.25, 0.3) is 0 Å². The molecule has 2 nitrogen and oxygen atoms in total. The highest BCUT2D eigenvalue weighted by Crippen LogP contribution is 2.32. The van der Waals surface area contributed by atoms with E-state index in [9.17, 15) is 13.6 Å². The quantitative estimate of drug-likeness (QED) is 0.814. The van der Waals surface area contributed by atoms with E-state index in [0.29, 0.717) is 23.9 Å². The molecule has 0 spiro atoms. The normalized spacial score (nSPS) is 21.9. The van der Waals surface area contributed by atoms with Gasteiger partial charge >= 0.3 is 0 Å². The number of hydrogen-bond donors (Lipinski definition) is 1. The van der Waals surface area contributed by atoms with Crippen LogP contribution in [0.2, 0.25) is 0 Å².